The minimum atomic E-state index is -3.58. The summed E-state index contributed by atoms with van der Waals surface area (Å²) >= 11 is 0. The minimum Gasteiger partial charge on any atom is -0.481 e. The van der Waals surface area contributed by atoms with Gasteiger partial charge in [-0.05, 0) is 29.4 Å². The van der Waals surface area contributed by atoms with Crippen LogP contribution < -0.4 is 0 Å². The maximum atomic E-state index is 12.9. The fourth-order valence-electron chi connectivity index (χ4n) is 3.00. The Hall–Kier alpha value is -1.40. The van der Waals surface area contributed by atoms with Crippen LogP contribution in [0.5, 0.6) is 0 Å². The molecule has 5 nitrogen and oxygen atoms in total. The van der Waals surface area contributed by atoms with Gasteiger partial charge in [0.2, 0.25) is 10.0 Å². The van der Waals surface area contributed by atoms with E-state index in [2.05, 4.69) is 0 Å². The second kappa shape index (κ2) is 6.38. The van der Waals surface area contributed by atoms with Crippen LogP contribution in [0.15, 0.2) is 29.2 Å². The first kappa shape index (κ1) is 17.0. The number of hydrogen-bond acceptors (Lipinski definition) is 3. The molecule has 1 aromatic rings. The van der Waals surface area contributed by atoms with Crippen molar-refractivity contribution in [3.8, 4) is 0 Å². The monoisotopic (exact) mass is 325 g/mol. The quantitative estimate of drug-likeness (QED) is 0.903. The highest BCUT2D eigenvalue weighted by Crippen LogP contribution is 2.33. The lowest BCUT2D eigenvalue weighted by atomic mass is 9.95. The van der Waals surface area contributed by atoms with E-state index in [0.29, 0.717) is 11.4 Å². The molecule has 0 saturated carbocycles. The van der Waals surface area contributed by atoms with Crippen molar-refractivity contribution in [2.24, 2.45) is 11.8 Å². The van der Waals surface area contributed by atoms with Crippen LogP contribution >= 0.6 is 0 Å². The van der Waals surface area contributed by atoms with Gasteiger partial charge in [0.1, 0.15) is 0 Å². The predicted molar refractivity (Wildman–Crippen MR) is 84.2 cm³/mol. The van der Waals surface area contributed by atoms with Crippen LogP contribution in [0.2, 0.25) is 0 Å². The zero-order valence-corrected chi connectivity index (χ0v) is 14.0. The lowest BCUT2D eigenvalue weighted by molar-refractivity contribution is -0.138. The van der Waals surface area contributed by atoms with Crippen molar-refractivity contribution in [3.63, 3.8) is 0 Å². The number of rotatable bonds is 5. The Labute approximate surface area is 132 Å². The molecule has 0 spiro atoms. The van der Waals surface area contributed by atoms with E-state index >= 15 is 0 Å². The molecule has 1 heterocycles. The van der Waals surface area contributed by atoms with Gasteiger partial charge in [-0.1, -0.05) is 39.0 Å². The maximum Gasteiger partial charge on any atom is 0.303 e. The number of hydrogen-bond donors (Lipinski definition) is 1. The second-order valence-corrected chi connectivity index (χ2v) is 8.26. The van der Waals surface area contributed by atoms with E-state index in [1.807, 2.05) is 32.9 Å². The summed E-state index contributed by atoms with van der Waals surface area (Å²) in [6.45, 7) is 6.51. The molecule has 0 bridgehead atoms. The van der Waals surface area contributed by atoms with Crippen LogP contribution in [0.4, 0.5) is 0 Å². The molecule has 1 fully saturated rings. The third-order valence-electron chi connectivity index (χ3n) is 4.33. The smallest absolute Gasteiger partial charge is 0.303 e. The van der Waals surface area contributed by atoms with Crippen LogP contribution in [-0.2, 0) is 14.8 Å². The van der Waals surface area contributed by atoms with Crippen molar-refractivity contribution in [1.29, 1.82) is 0 Å². The van der Waals surface area contributed by atoms with Gasteiger partial charge in [0.05, 0.1) is 4.90 Å². The van der Waals surface area contributed by atoms with Crippen molar-refractivity contribution in [2.45, 2.75) is 38.0 Å². The van der Waals surface area contributed by atoms with Crippen LogP contribution in [-0.4, -0.2) is 36.9 Å². The van der Waals surface area contributed by atoms with Gasteiger partial charge < -0.3 is 5.11 Å². The van der Waals surface area contributed by atoms with Gasteiger partial charge in [-0.3, -0.25) is 4.79 Å². The molecule has 0 aliphatic carbocycles. The van der Waals surface area contributed by atoms with Crippen molar-refractivity contribution in [3.05, 3.63) is 29.8 Å². The number of carboxylic acids is 1. The van der Waals surface area contributed by atoms with Crippen LogP contribution in [0.3, 0.4) is 0 Å². The highest BCUT2D eigenvalue weighted by atomic mass is 32.2. The van der Waals surface area contributed by atoms with E-state index in [4.69, 9.17) is 5.11 Å². The summed E-state index contributed by atoms with van der Waals surface area (Å²) in [7, 11) is -3.58. The molecule has 22 heavy (non-hydrogen) atoms. The molecule has 0 aromatic heterocycles. The fraction of sp³-hybridized carbons (Fsp3) is 0.562. The van der Waals surface area contributed by atoms with Gasteiger partial charge in [0, 0.05) is 19.5 Å². The largest absolute Gasteiger partial charge is 0.481 e. The molecule has 1 N–H and O–H groups in total. The van der Waals surface area contributed by atoms with E-state index in [1.54, 1.807) is 12.1 Å². The summed E-state index contributed by atoms with van der Waals surface area (Å²) in [5, 5.41) is 8.95. The summed E-state index contributed by atoms with van der Waals surface area (Å²) in [6, 6.07) is 7.05. The molecule has 122 valence electrons. The molecule has 0 unspecified atom stereocenters. The summed E-state index contributed by atoms with van der Waals surface area (Å²) in [5.41, 5.74) is 0.803. The lowest BCUT2D eigenvalue weighted by Crippen LogP contribution is -2.30. The number of carbonyl (C=O) groups is 1. The molecule has 0 amide bonds. The summed E-state index contributed by atoms with van der Waals surface area (Å²) in [6.07, 6.45) is 0.0129. The van der Waals surface area contributed by atoms with E-state index in [0.717, 1.165) is 5.56 Å². The Morgan fingerprint density at radius 3 is 2.55 bits per heavy atom. The number of benzene rings is 1. The predicted octanol–water partition coefficient (Wildman–Crippen LogP) is 2.54. The van der Waals surface area contributed by atoms with Crippen LogP contribution in [0, 0.1) is 11.8 Å². The zero-order valence-electron chi connectivity index (χ0n) is 13.2. The number of carboxylic acid groups (broad SMARTS) is 1. The van der Waals surface area contributed by atoms with Gasteiger partial charge in [-0.25, -0.2) is 8.42 Å². The third-order valence-corrected chi connectivity index (χ3v) is 6.24. The van der Waals surface area contributed by atoms with Gasteiger partial charge in [0.25, 0.3) is 0 Å². The molecule has 0 radical (unpaired) electrons. The van der Waals surface area contributed by atoms with Crippen molar-refractivity contribution in [1.82, 2.24) is 4.31 Å². The van der Waals surface area contributed by atoms with Gasteiger partial charge >= 0.3 is 5.97 Å². The summed E-state index contributed by atoms with van der Waals surface area (Å²) in [4.78, 5) is 11.2. The molecule has 1 aliphatic rings. The first-order valence-electron chi connectivity index (χ1n) is 7.54. The van der Waals surface area contributed by atoms with E-state index in [1.165, 1.54) is 4.31 Å². The number of sulfonamides is 1. The molecular formula is C16H23NO4S. The molecule has 1 saturated heterocycles. The SMILES string of the molecule is CC(C)c1ccccc1S(=O)(=O)N1C[C@@H](CC(=O)O)[C@H](C)C1. The standard InChI is InChI=1S/C16H23NO4S/c1-11(2)14-6-4-5-7-15(14)22(20,21)17-9-12(3)13(10-17)8-16(18)19/h4-7,11-13H,8-10H2,1-3H3,(H,18,19)/t12-,13-/m1/s1. The molecular weight excluding hydrogens is 302 g/mol. The molecule has 1 aromatic carbocycles. The molecule has 2 rings (SSSR count). The summed E-state index contributed by atoms with van der Waals surface area (Å²) < 4.78 is 27.3. The first-order valence-corrected chi connectivity index (χ1v) is 8.98. The Morgan fingerprint density at radius 2 is 1.95 bits per heavy atom. The molecule has 6 heteroatoms. The Kier molecular flexibility index (Phi) is 4.92. The highest BCUT2D eigenvalue weighted by Gasteiger charge is 2.38. The van der Waals surface area contributed by atoms with Crippen LogP contribution in [0.1, 0.15) is 38.7 Å². The topological polar surface area (TPSA) is 74.7 Å². The van der Waals surface area contributed by atoms with Gasteiger partial charge in [-0.2, -0.15) is 4.31 Å². The van der Waals surface area contributed by atoms with E-state index in [-0.39, 0.29) is 30.7 Å². The number of aliphatic carboxylic acids is 1. The Morgan fingerprint density at radius 1 is 1.32 bits per heavy atom. The van der Waals surface area contributed by atoms with Crippen LogP contribution in [0.25, 0.3) is 0 Å². The fourth-order valence-corrected chi connectivity index (χ4v) is 4.95. The normalized spacial score (nSPS) is 23.1. The van der Waals surface area contributed by atoms with E-state index in [9.17, 15) is 13.2 Å². The lowest BCUT2D eigenvalue weighted by Gasteiger charge is -2.20. The third kappa shape index (κ3) is 3.33. The first-order chi connectivity index (χ1) is 10.2. The van der Waals surface area contributed by atoms with Gasteiger partial charge in [0.15, 0.2) is 0 Å². The zero-order chi connectivity index (χ0) is 16.5. The minimum absolute atomic E-state index is 0.0129. The number of nitrogens with zero attached hydrogens (tertiary/aromatic N) is 1. The Bertz CT molecular complexity index is 654. The van der Waals surface area contributed by atoms with Crippen molar-refractivity contribution < 1.29 is 18.3 Å². The van der Waals surface area contributed by atoms with Crippen molar-refractivity contribution >= 4 is 16.0 Å². The van der Waals surface area contributed by atoms with Gasteiger partial charge in [-0.15, -0.1) is 0 Å². The highest BCUT2D eigenvalue weighted by molar-refractivity contribution is 7.89. The molecule has 1 aliphatic heterocycles. The van der Waals surface area contributed by atoms with E-state index < -0.39 is 16.0 Å². The Balaban J connectivity index is 2.31. The summed E-state index contributed by atoms with van der Waals surface area (Å²) in [5.74, 6) is -0.838. The molecule has 2 atom stereocenters. The average molecular weight is 325 g/mol. The van der Waals surface area contributed by atoms with Crippen molar-refractivity contribution in [2.75, 3.05) is 13.1 Å². The maximum absolute atomic E-state index is 12.9. The second-order valence-electron chi connectivity index (χ2n) is 6.35. The average Bonchev–Trinajstić information content (AvgIpc) is 2.80.